The highest BCUT2D eigenvalue weighted by Gasteiger charge is 2.08. The molecule has 2 rings (SSSR count). The Bertz CT molecular complexity index is 809. The van der Waals surface area contributed by atoms with Crippen LogP contribution in [0.1, 0.15) is 19.4 Å². The number of halogens is 1. The van der Waals surface area contributed by atoms with E-state index in [-0.39, 0.29) is 18.4 Å². The largest absolute Gasteiger partial charge is 0.449 e. The van der Waals surface area contributed by atoms with Crippen molar-refractivity contribution in [3.8, 4) is 0 Å². The summed E-state index contributed by atoms with van der Waals surface area (Å²) in [5.74, 6) is 0.102. The van der Waals surface area contributed by atoms with Crippen LogP contribution < -0.4 is 16.0 Å². The molecule has 0 saturated heterocycles. The normalized spacial score (nSPS) is 10.4. The van der Waals surface area contributed by atoms with Gasteiger partial charge in [0.1, 0.15) is 0 Å². The first-order valence-corrected chi connectivity index (χ1v) is 9.46. The molecule has 2 aromatic carbocycles. The average molecular weight is 434 g/mol. The number of carbonyl (C=O) groups is 2. The van der Waals surface area contributed by atoms with E-state index in [1.54, 1.807) is 18.2 Å². The third-order valence-corrected chi connectivity index (χ3v) is 4.16. The molecule has 6 nitrogen and oxygen atoms in total. The van der Waals surface area contributed by atoms with Crippen molar-refractivity contribution in [1.29, 1.82) is 0 Å². The van der Waals surface area contributed by atoms with Gasteiger partial charge in [-0.3, -0.25) is 10.1 Å². The number of aryl methyl sites for hydroxylation is 1. The van der Waals surface area contributed by atoms with Gasteiger partial charge < -0.3 is 15.4 Å². The Morgan fingerprint density at radius 1 is 1.07 bits per heavy atom. The fraction of sp³-hybridized carbons (Fsp3) is 0.300. The van der Waals surface area contributed by atoms with Crippen LogP contribution in [0.5, 0.6) is 0 Å². The molecule has 0 aromatic heterocycles. The van der Waals surface area contributed by atoms with Crippen molar-refractivity contribution in [3.05, 3.63) is 52.5 Å². The Balaban J connectivity index is 1.86. The van der Waals surface area contributed by atoms with Gasteiger partial charge in [-0.25, -0.2) is 4.79 Å². The SMILES string of the molecule is Cc1ccc(NC(=O)CNc2cccc(NC(=O)OCC(C)C)c2)c(Br)c1. The number of ether oxygens (including phenoxy) is 1. The smallest absolute Gasteiger partial charge is 0.411 e. The van der Waals surface area contributed by atoms with E-state index in [1.807, 2.05) is 45.0 Å². The summed E-state index contributed by atoms with van der Waals surface area (Å²) >= 11 is 3.44. The first kappa shape index (κ1) is 20.8. The molecule has 0 heterocycles. The maximum atomic E-state index is 12.2. The van der Waals surface area contributed by atoms with E-state index in [0.717, 1.165) is 21.4 Å². The van der Waals surface area contributed by atoms with Crippen molar-refractivity contribution >= 4 is 45.0 Å². The summed E-state index contributed by atoms with van der Waals surface area (Å²) in [6.07, 6.45) is -0.497. The highest BCUT2D eigenvalue weighted by Crippen LogP contribution is 2.23. The highest BCUT2D eigenvalue weighted by molar-refractivity contribution is 9.10. The second kappa shape index (κ2) is 9.97. The Morgan fingerprint density at radius 2 is 1.81 bits per heavy atom. The third kappa shape index (κ3) is 7.30. The molecule has 2 aromatic rings. The summed E-state index contributed by atoms with van der Waals surface area (Å²) < 4.78 is 5.93. The number of nitrogens with one attached hydrogen (secondary N) is 3. The van der Waals surface area contributed by atoms with Gasteiger partial charge in [-0.05, 0) is 64.7 Å². The first-order valence-electron chi connectivity index (χ1n) is 8.67. The van der Waals surface area contributed by atoms with Gasteiger partial charge in [0.05, 0.1) is 18.8 Å². The molecular weight excluding hydrogens is 410 g/mol. The Labute approximate surface area is 167 Å². The van der Waals surface area contributed by atoms with Crippen LogP contribution in [0.3, 0.4) is 0 Å². The molecule has 0 aliphatic carbocycles. The van der Waals surface area contributed by atoms with E-state index < -0.39 is 6.09 Å². The van der Waals surface area contributed by atoms with E-state index in [1.165, 1.54) is 0 Å². The predicted octanol–water partition coefficient (Wildman–Crippen LogP) is 5.01. The predicted molar refractivity (Wildman–Crippen MR) is 112 cm³/mol. The summed E-state index contributed by atoms with van der Waals surface area (Å²) in [6, 6.07) is 12.8. The van der Waals surface area contributed by atoms with Crippen LogP contribution in [0.25, 0.3) is 0 Å². The molecular formula is C20H24BrN3O3. The van der Waals surface area contributed by atoms with Crippen LogP contribution in [0, 0.1) is 12.8 Å². The number of rotatable bonds is 7. The van der Waals surface area contributed by atoms with Gasteiger partial charge in [0.15, 0.2) is 0 Å². The van der Waals surface area contributed by atoms with Crippen LogP contribution >= 0.6 is 15.9 Å². The maximum absolute atomic E-state index is 12.2. The lowest BCUT2D eigenvalue weighted by atomic mass is 10.2. The Kier molecular flexibility index (Phi) is 7.67. The molecule has 0 atom stereocenters. The number of benzene rings is 2. The lowest BCUT2D eigenvalue weighted by Crippen LogP contribution is -2.22. The number of amides is 2. The molecule has 7 heteroatoms. The number of carbonyl (C=O) groups excluding carboxylic acids is 2. The maximum Gasteiger partial charge on any atom is 0.411 e. The summed E-state index contributed by atoms with van der Waals surface area (Å²) in [5.41, 5.74) is 3.13. The summed E-state index contributed by atoms with van der Waals surface area (Å²) in [4.78, 5) is 23.9. The molecule has 0 aliphatic heterocycles. The molecule has 0 aliphatic rings. The quantitative estimate of drug-likeness (QED) is 0.572. The summed E-state index contributed by atoms with van der Waals surface area (Å²) in [7, 11) is 0. The monoisotopic (exact) mass is 433 g/mol. The zero-order valence-corrected chi connectivity index (χ0v) is 17.2. The lowest BCUT2D eigenvalue weighted by Gasteiger charge is -2.12. The minimum Gasteiger partial charge on any atom is -0.449 e. The summed E-state index contributed by atoms with van der Waals surface area (Å²) in [6.45, 7) is 6.38. The van der Waals surface area contributed by atoms with Crippen molar-refractivity contribution in [3.63, 3.8) is 0 Å². The van der Waals surface area contributed by atoms with E-state index in [4.69, 9.17) is 4.74 Å². The molecule has 0 spiro atoms. The van der Waals surface area contributed by atoms with Gasteiger partial charge >= 0.3 is 6.09 Å². The minimum atomic E-state index is -0.497. The van der Waals surface area contributed by atoms with E-state index in [9.17, 15) is 9.59 Å². The van der Waals surface area contributed by atoms with Crippen molar-refractivity contribution < 1.29 is 14.3 Å². The number of anilines is 3. The second-order valence-corrected chi connectivity index (χ2v) is 7.44. The standard InChI is InChI=1S/C20H24BrN3O3/c1-13(2)12-27-20(26)23-16-6-4-5-15(10-16)22-11-19(25)24-18-8-7-14(3)9-17(18)21/h4-10,13,22H,11-12H2,1-3H3,(H,23,26)(H,24,25). The number of hydrogen-bond donors (Lipinski definition) is 3. The van der Waals surface area contributed by atoms with E-state index in [2.05, 4.69) is 31.9 Å². The topological polar surface area (TPSA) is 79.5 Å². The van der Waals surface area contributed by atoms with Gasteiger partial charge in [0.25, 0.3) is 0 Å². The molecule has 0 bridgehead atoms. The van der Waals surface area contributed by atoms with Crippen molar-refractivity contribution in [2.24, 2.45) is 5.92 Å². The first-order chi connectivity index (χ1) is 12.8. The molecule has 0 saturated carbocycles. The fourth-order valence-corrected chi connectivity index (χ4v) is 2.79. The van der Waals surface area contributed by atoms with E-state index in [0.29, 0.717) is 12.3 Å². The van der Waals surface area contributed by atoms with Gasteiger partial charge in [0, 0.05) is 15.8 Å². The van der Waals surface area contributed by atoms with Crippen molar-refractivity contribution in [2.45, 2.75) is 20.8 Å². The summed E-state index contributed by atoms with van der Waals surface area (Å²) in [5, 5.41) is 8.55. The molecule has 0 radical (unpaired) electrons. The van der Waals surface area contributed by atoms with Crippen LogP contribution in [0.2, 0.25) is 0 Å². The molecule has 0 fully saturated rings. The van der Waals surface area contributed by atoms with Gasteiger partial charge in [-0.2, -0.15) is 0 Å². The second-order valence-electron chi connectivity index (χ2n) is 6.58. The van der Waals surface area contributed by atoms with Crippen LogP contribution in [-0.2, 0) is 9.53 Å². The Morgan fingerprint density at radius 3 is 2.52 bits per heavy atom. The molecule has 27 heavy (non-hydrogen) atoms. The molecule has 144 valence electrons. The number of hydrogen-bond acceptors (Lipinski definition) is 4. The highest BCUT2D eigenvalue weighted by atomic mass is 79.9. The molecule has 3 N–H and O–H groups in total. The Hall–Kier alpha value is -2.54. The van der Waals surface area contributed by atoms with Crippen LogP contribution in [0.4, 0.5) is 21.9 Å². The van der Waals surface area contributed by atoms with Crippen molar-refractivity contribution in [2.75, 3.05) is 29.1 Å². The van der Waals surface area contributed by atoms with Gasteiger partial charge in [-0.15, -0.1) is 0 Å². The zero-order valence-electron chi connectivity index (χ0n) is 15.6. The minimum absolute atomic E-state index is 0.0988. The average Bonchev–Trinajstić information content (AvgIpc) is 2.61. The van der Waals surface area contributed by atoms with Gasteiger partial charge in [0.2, 0.25) is 5.91 Å². The van der Waals surface area contributed by atoms with Crippen molar-refractivity contribution in [1.82, 2.24) is 0 Å². The molecule has 0 unspecified atom stereocenters. The third-order valence-electron chi connectivity index (χ3n) is 3.51. The lowest BCUT2D eigenvalue weighted by molar-refractivity contribution is -0.114. The fourth-order valence-electron chi connectivity index (χ4n) is 2.20. The molecule has 2 amide bonds. The van der Waals surface area contributed by atoms with E-state index >= 15 is 0 Å². The van der Waals surface area contributed by atoms with Crippen LogP contribution in [-0.4, -0.2) is 25.2 Å². The van der Waals surface area contributed by atoms with Crippen LogP contribution in [0.15, 0.2) is 46.9 Å². The van der Waals surface area contributed by atoms with Gasteiger partial charge in [-0.1, -0.05) is 26.0 Å². The zero-order chi connectivity index (χ0) is 19.8.